The average molecular weight is 442 g/mol. The SMILES string of the molecule is O=C1CC(C(=O)N2CCC(c3cccc(-c4onc5ccc(-c6nn[nH]n6)cc45)c3)CC2)C1. The van der Waals surface area contributed by atoms with E-state index in [-0.39, 0.29) is 17.6 Å². The summed E-state index contributed by atoms with van der Waals surface area (Å²) in [6, 6.07) is 14.1. The number of nitrogens with one attached hydrogen (secondary N) is 1. The van der Waals surface area contributed by atoms with Crippen LogP contribution >= 0.6 is 0 Å². The maximum Gasteiger partial charge on any atom is 0.226 e. The summed E-state index contributed by atoms with van der Waals surface area (Å²) >= 11 is 0. The van der Waals surface area contributed by atoms with E-state index >= 15 is 0 Å². The number of carbonyl (C=O) groups excluding carboxylic acids is 2. The molecule has 0 radical (unpaired) electrons. The van der Waals surface area contributed by atoms with Gasteiger partial charge in [-0.05, 0) is 53.8 Å². The maximum atomic E-state index is 12.6. The molecule has 0 bridgehead atoms. The number of hydrogen-bond acceptors (Lipinski definition) is 7. The van der Waals surface area contributed by atoms with Crippen molar-refractivity contribution in [2.45, 2.75) is 31.6 Å². The lowest BCUT2D eigenvalue weighted by atomic mass is 9.81. The van der Waals surface area contributed by atoms with Gasteiger partial charge in [-0.1, -0.05) is 23.4 Å². The minimum atomic E-state index is -0.0885. The summed E-state index contributed by atoms with van der Waals surface area (Å²) in [5.41, 5.74) is 3.80. The predicted molar refractivity (Wildman–Crippen MR) is 119 cm³/mol. The highest BCUT2D eigenvalue weighted by molar-refractivity contribution is 5.96. The number of aromatic amines is 1. The number of piperidine rings is 1. The summed E-state index contributed by atoms with van der Waals surface area (Å²) in [6.07, 6.45) is 2.66. The molecule has 33 heavy (non-hydrogen) atoms. The molecule has 9 heteroatoms. The van der Waals surface area contributed by atoms with E-state index in [1.54, 1.807) is 0 Å². The summed E-state index contributed by atoms with van der Waals surface area (Å²) < 4.78 is 5.72. The monoisotopic (exact) mass is 442 g/mol. The van der Waals surface area contributed by atoms with Crippen LogP contribution < -0.4 is 0 Å². The highest BCUT2D eigenvalue weighted by Crippen LogP contribution is 2.35. The Kier molecular flexibility index (Phi) is 4.74. The number of carbonyl (C=O) groups is 2. The van der Waals surface area contributed by atoms with Gasteiger partial charge in [-0.2, -0.15) is 5.21 Å². The summed E-state index contributed by atoms with van der Waals surface area (Å²) in [5.74, 6) is 1.86. The number of H-pyrrole nitrogens is 1. The van der Waals surface area contributed by atoms with Crippen LogP contribution in [-0.4, -0.2) is 55.5 Å². The minimum Gasteiger partial charge on any atom is -0.355 e. The van der Waals surface area contributed by atoms with Crippen molar-refractivity contribution in [3.8, 4) is 22.7 Å². The first-order valence-electron chi connectivity index (χ1n) is 11.2. The van der Waals surface area contributed by atoms with Gasteiger partial charge >= 0.3 is 0 Å². The van der Waals surface area contributed by atoms with Crippen molar-refractivity contribution in [3.63, 3.8) is 0 Å². The fraction of sp³-hybridized carbons (Fsp3) is 0.333. The van der Waals surface area contributed by atoms with Gasteiger partial charge in [-0.25, -0.2) is 0 Å². The molecule has 3 heterocycles. The number of Topliss-reactive ketones (excluding diaryl/α,β-unsaturated/α-hetero) is 1. The van der Waals surface area contributed by atoms with Gasteiger partial charge < -0.3 is 9.42 Å². The molecule has 1 saturated heterocycles. The van der Waals surface area contributed by atoms with Crippen LogP contribution in [0.15, 0.2) is 47.0 Å². The number of aromatic nitrogens is 5. The number of hydrogen-bond donors (Lipinski definition) is 1. The van der Waals surface area contributed by atoms with Crippen molar-refractivity contribution >= 4 is 22.6 Å². The minimum absolute atomic E-state index is 0.0885. The summed E-state index contributed by atoms with van der Waals surface area (Å²) in [5, 5.41) is 19.3. The van der Waals surface area contributed by atoms with E-state index in [4.69, 9.17) is 4.52 Å². The highest BCUT2D eigenvalue weighted by atomic mass is 16.5. The first-order chi connectivity index (χ1) is 16.2. The number of fused-ring (bicyclic) bond motifs is 1. The third kappa shape index (κ3) is 3.59. The Morgan fingerprint density at radius 3 is 2.67 bits per heavy atom. The van der Waals surface area contributed by atoms with E-state index in [0.717, 1.165) is 48.0 Å². The summed E-state index contributed by atoms with van der Waals surface area (Å²) in [4.78, 5) is 25.7. The normalized spacial score (nSPS) is 17.5. The summed E-state index contributed by atoms with van der Waals surface area (Å²) in [6.45, 7) is 1.47. The fourth-order valence-corrected chi connectivity index (χ4v) is 4.86. The van der Waals surface area contributed by atoms with Crippen molar-refractivity contribution in [2.24, 2.45) is 5.92 Å². The molecule has 1 aliphatic heterocycles. The molecule has 0 unspecified atom stereocenters. The lowest BCUT2D eigenvalue weighted by Gasteiger charge is -2.36. The van der Waals surface area contributed by atoms with Gasteiger partial charge in [-0.15, -0.1) is 10.2 Å². The predicted octanol–water partition coefficient (Wildman–Crippen LogP) is 3.36. The Bertz CT molecular complexity index is 1330. The second-order valence-electron chi connectivity index (χ2n) is 8.85. The zero-order valence-electron chi connectivity index (χ0n) is 17.9. The molecular weight excluding hydrogens is 420 g/mol. The van der Waals surface area contributed by atoms with Gasteiger partial charge in [0, 0.05) is 37.1 Å². The Labute approximate surface area is 189 Å². The molecule has 1 saturated carbocycles. The largest absolute Gasteiger partial charge is 0.355 e. The molecule has 1 aliphatic carbocycles. The lowest BCUT2D eigenvalue weighted by Crippen LogP contribution is -2.45. The third-order valence-corrected chi connectivity index (χ3v) is 6.80. The molecule has 2 fully saturated rings. The molecule has 9 nitrogen and oxygen atoms in total. The van der Waals surface area contributed by atoms with Crippen molar-refractivity contribution in [1.29, 1.82) is 0 Å². The van der Waals surface area contributed by atoms with Crippen LogP contribution in [0.5, 0.6) is 0 Å². The standard InChI is InChI=1S/C24H22N6O3/c31-19-11-18(12-19)24(32)30-8-6-14(7-9-30)15-2-1-3-16(10-15)22-20-13-17(23-25-28-29-26-23)4-5-21(20)27-33-22/h1-5,10,13-14,18H,6-9,11-12H2,(H,25,26,28,29). The van der Waals surface area contributed by atoms with E-state index < -0.39 is 0 Å². The number of rotatable bonds is 4. The molecule has 2 aromatic heterocycles. The van der Waals surface area contributed by atoms with Crippen molar-refractivity contribution in [2.75, 3.05) is 13.1 Å². The third-order valence-electron chi connectivity index (χ3n) is 6.80. The first kappa shape index (κ1) is 19.8. The van der Waals surface area contributed by atoms with Crippen LogP contribution in [-0.2, 0) is 9.59 Å². The molecule has 166 valence electrons. The smallest absolute Gasteiger partial charge is 0.226 e. The van der Waals surface area contributed by atoms with Crippen LogP contribution in [0, 0.1) is 5.92 Å². The van der Waals surface area contributed by atoms with Crippen LogP contribution in [0.25, 0.3) is 33.6 Å². The number of ketones is 1. The zero-order chi connectivity index (χ0) is 22.4. The molecule has 4 aromatic rings. The van der Waals surface area contributed by atoms with Gasteiger partial charge in [0.15, 0.2) is 5.76 Å². The maximum absolute atomic E-state index is 12.6. The summed E-state index contributed by atoms with van der Waals surface area (Å²) in [7, 11) is 0. The number of likely N-dealkylation sites (tertiary alicyclic amines) is 1. The van der Waals surface area contributed by atoms with Gasteiger partial charge in [0.25, 0.3) is 0 Å². The quantitative estimate of drug-likeness (QED) is 0.515. The van der Waals surface area contributed by atoms with Crippen LogP contribution in [0.4, 0.5) is 0 Å². The molecule has 1 N–H and O–H groups in total. The Balaban J connectivity index is 1.22. The first-order valence-corrected chi connectivity index (χ1v) is 11.2. The second-order valence-corrected chi connectivity index (χ2v) is 8.85. The zero-order valence-corrected chi connectivity index (χ0v) is 17.9. The number of tetrazole rings is 1. The molecular formula is C24H22N6O3. The van der Waals surface area contributed by atoms with Gasteiger partial charge in [-0.3, -0.25) is 9.59 Å². The van der Waals surface area contributed by atoms with Crippen LogP contribution in [0.1, 0.15) is 37.2 Å². The van der Waals surface area contributed by atoms with Crippen molar-refractivity contribution in [1.82, 2.24) is 30.7 Å². The lowest BCUT2D eigenvalue weighted by molar-refractivity contribution is -0.145. The Morgan fingerprint density at radius 2 is 1.91 bits per heavy atom. The van der Waals surface area contributed by atoms with Crippen LogP contribution in [0.2, 0.25) is 0 Å². The van der Waals surface area contributed by atoms with E-state index in [1.807, 2.05) is 35.2 Å². The molecule has 1 amide bonds. The van der Waals surface area contributed by atoms with Gasteiger partial charge in [0.05, 0.1) is 11.3 Å². The number of benzene rings is 2. The van der Waals surface area contributed by atoms with Gasteiger partial charge in [0.1, 0.15) is 11.3 Å². The highest BCUT2D eigenvalue weighted by Gasteiger charge is 2.36. The van der Waals surface area contributed by atoms with E-state index in [9.17, 15) is 9.59 Å². The Morgan fingerprint density at radius 1 is 1.06 bits per heavy atom. The molecule has 2 aliphatic rings. The fourth-order valence-electron chi connectivity index (χ4n) is 4.86. The van der Waals surface area contributed by atoms with Gasteiger partial charge in [0.2, 0.25) is 11.7 Å². The van der Waals surface area contributed by atoms with E-state index in [0.29, 0.717) is 30.3 Å². The average Bonchev–Trinajstić information content (AvgIpc) is 3.52. The van der Waals surface area contributed by atoms with E-state index in [2.05, 4.69) is 37.9 Å². The van der Waals surface area contributed by atoms with E-state index in [1.165, 1.54) is 5.56 Å². The molecule has 2 aromatic carbocycles. The molecule has 6 rings (SSSR count). The second kappa shape index (κ2) is 7.91. The number of nitrogens with zero attached hydrogens (tertiary/aromatic N) is 5. The molecule has 0 atom stereocenters. The van der Waals surface area contributed by atoms with Crippen LogP contribution in [0.3, 0.4) is 0 Å². The Hall–Kier alpha value is -3.88. The topological polar surface area (TPSA) is 118 Å². The van der Waals surface area contributed by atoms with Crippen molar-refractivity contribution in [3.05, 3.63) is 48.0 Å². The van der Waals surface area contributed by atoms with Crippen molar-refractivity contribution < 1.29 is 14.1 Å². The molecule has 0 spiro atoms. The number of amides is 1.